The first kappa shape index (κ1) is 13.7. The summed E-state index contributed by atoms with van der Waals surface area (Å²) in [6, 6.07) is 7.53. The maximum atomic E-state index is 11.1. The van der Waals surface area contributed by atoms with Crippen molar-refractivity contribution in [3.63, 3.8) is 0 Å². The first-order valence-electron chi connectivity index (χ1n) is 6.70. The van der Waals surface area contributed by atoms with Crippen LogP contribution in [0, 0.1) is 16.5 Å². The van der Waals surface area contributed by atoms with Crippen LogP contribution in [0.1, 0.15) is 5.56 Å². The molecule has 1 fully saturated rings. The van der Waals surface area contributed by atoms with E-state index in [-0.39, 0.29) is 0 Å². The Hall–Kier alpha value is -2.26. The van der Waals surface area contributed by atoms with E-state index in [4.69, 9.17) is 0 Å². The lowest BCUT2D eigenvalue weighted by Gasteiger charge is -2.28. The normalized spacial score (nSPS) is 14.7. The van der Waals surface area contributed by atoms with Crippen LogP contribution in [-0.4, -0.2) is 29.6 Å². The minimum Gasteiger partial charge on any atom is -0.619 e. The summed E-state index contributed by atoms with van der Waals surface area (Å²) in [7, 11) is 0. The molecule has 2 aromatic rings. The van der Waals surface area contributed by atoms with Crippen molar-refractivity contribution in [1.29, 1.82) is 5.26 Å². The largest absolute Gasteiger partial charge is 0.619 e. The second-order valence-electron chi connectivity index (χ2n) is 4.75. The molecule has 0 atom stereocenters. The summed E-state index contributed by atoms with van der Waals surface area (Å²) in [4.78, 5) is 6.64. The number of pyridine rings is 2. The summed E-state index contributed by atoms with van der Waals surface area (Å²) >= 11 is 1.92. The molecule has 3 heterocycles. The molecular formula is C15H14N4OS. The third kappa shape index (κ3) is 2.93. The molecule has 0 bridgehead atoms. The summed E-state index contributed by atoms with van der Waals surface area (Å²) in [6.45, 7) is 1.85. The van der Waals surface area contributed by atoms with Crippen molar-refractivity contribution in [3.05, 3.63) is 47.6 Å². The first-order chi connectivity index (χ1) is 10.3. The smallest absolute Gasteiger partial charge is 0.180 e. The molecule has 0 spiro atoms. The van der Waals surface area contributed by atoms with Gasteiger partial charge in [0.15, 0.2) is 12.4 Å². The van der Waals surface area contributed by atoms with E-state index >= 15 is 0 Å². The third-order valence-electron chi connectivity index (χ3n) is 3.43. The monoisotopic (exact) mass is 298 g/mol. The van der Waals surface area contributed by atoms with Crippen molar-refractivity contribution in [3.8, 4) is 17.2 Å². The van der Waals surface area contributed by atoms with E-state index in [1.165, 1.54) is 12.4 Å². The minimum atomic E-state index is 0.582. The highest BCUT2D eigenvalue weighted by Gasteiger charge is 2.17. The molecule has 1 aliphatic rings. The highest BCUT2D eigenvalue weighted by atomic mass is 32.2. The van der Waals surface area contributed by atoms with Gasteiger partial charge >= 0.3 is 0 Å². The SMILES string of the molecule is N#Cc1cc(-c2cc[n+]([O-])cc2)cnc1N1CCSCC1. The Labute approximate surface area is 127 Å². The van der Waals surface area contributed by atoms with E-state index in [0.717, 1.165) is 46.3 Å². The van der Waals surface area contributed by atoms with Gasteiger partial charge in [-0.1, -0.05) is 0 Å². The van der Waals surface area contributed by atoms with Gasteiger partial charge in [-0.25, -0.2) is 4.98 Å². The Morgan fingerprint density at radius 2 is 1.95 bits per heavy atom. The highest BCUT2D eigenvalue weighted by Crippen LogP contribution is 2.25. The topological polar surface area (TPSA) is 66.9 Å². The number of thioether (sulfide) groups is 1. The van der Waals surface area contributed by atoms with Crippen molar-refractivity contribution in [2.24, 2.45) is 0 Å². The zero-order valence-corrected chi connectivity index (χ0v) is 12.2. The Balaban J connectivity index is 1.95. The van der Waals surface area contributed by atoms with Gasteiger partial charge in [-0.3, -0.25) is 0 Å². The van der Waals surface area contributed by atoms with Crippen LogP contribution >= 0.6 is 11.8 Å². The van der Waals surface area contributed by atoms with Crippen LogP contribution in [0.2, 0.25) is 0 Å². The second-order valence-corrected chi connectivity index (χ2v) is 5.98. The molecule has 0 amide bonds. The number of anilines is 1. The first-order valence-corrected chi connectivity index (χ1v) is 7.85. The number of nitrogens with zero attached hydrogens (tertiary/aromatic N) is 4. The molecule has 0 aliphatic carbocycles. The van der Waals surface area contributed by atoms with Crippen LogP contribution in [0.5, 0.6) is 0 Å². The van der Waals surface area contributed by atoms with E-state index in [0.29, 0.717) is 5.56 Å². The van der Waals surface area contributed by atoms with Gasteiger partial charge in [0.05, 0.1) is 5.56 Å². The van der Waals surface area contributed by atoms with Gasteiger partial charge in [-0.05, 0) is 11.6 Å². The number of aromatic nitrogens is 2. The van der Waals surface area contributed by atoms with Crippen molar-refractivity contribution in [2.75, 3.05) is 29.5 Å². The number of rotatable bonds is 2. The van der Waals surface area contributed by atoms with Crippen LogP contribution in [0.25, 0.3) is 11.1 Å². The Morgan fingerprint density at radius 1 is 1.24 bits per heavy atom. The molecule has 0 unspecified atom stereocenters. The molecule has 0 radical (unpaired) electrons. The fraction of sp³-hybridized carbons (Fsp3) is 0.267. The Bertz CT molecular complexity index is 675. The zero-order chi connectivity index (χ0) is 14.7. The van der Waals surface area contributed by atoms with Crippen LogP contribution in [-0.2, 0) is 0 Å². The molecule has 0 N–H and O–H groups in total. The van der Waals surface area contributed by atoms with Gasteiger partial charge in [0.25, 0.3) is 0 Å². The van der Waals surface area contributed by atoms with E-state index in [9.17, 15) is 10.5 Å². The second kappa shape index (κ2) is 6.02. The molecule has 2 aromatic heterocycles. The lowest BCUT2D eigenvalue weighted by molar-refractivity contribution is -0.605. The molecule has 5 nitrogen and oxygen atoms in total. The Morgan fingerprint density at radius 3 is 2.62 bits per heavy atom. The number of nitriles is 1. The minimum absolute atomic E-state index is 0.582. The van der Waals surface area contributed by atoms with Crippen LogP contribution in [0.4, 0.5) is 5.82 Å². The summed E-state index contributed by atoms with van der Waals surface area (Å²) in [5.41, 5.74) is 2.31. The van der Waals surface area contributed by atoms with Gasteiger partial charge in [-0.15, -0.1) is 0 Å². The van der Waals surface area contributed by atoms with Gasteiger partial charge < -0.3 is 10.1 Å². The predicted octanol–water partition coefficient (Wildman–Crippen LogP) is 1.81. The molecule has 6 heteroatoms. The van der Waals surface area contributed by atoms with Crippen molar-refractivity contribution in [1.82, 2.24) is 4.98 Å². The molecule has 0 saturated carbocycles. The van der Waals surface area contributed by atoms with Crippen LogP contribution in [0.15, 0.2) is 36.8 Å². The lowest BCUT2D eigenvalue weighted by atomic mass is 10.1. The van der Waals surface area contributed by atoms with Crippen molar-refractivity contribution < 1.29 is 4.73 Å². The van der Waals surface area contributed by atoms with Crippen molar-refractivity contribution >= 4 is 17.6 Å². The molecule has 0 aromatic carbocycles. The van der Waals surface area contributed by atoms with Crippen LogP contribution < -0.4 is 9.63 Å². The maximum Gasteiger partial charge on any atom is 0.180 e. The quantitative estimate of drug-likeness (QED) is 0.625. The number of hydrogen-bond donors (Lipinski definition) is 0. The summed E-state index contributed by atoms with van der Waals surface area (Å²) < 4.78 is 0.738. The van der Waals surface area contributed by atoms with Gasteiger partial charge in [0.1, 0.15) is 11.9 Å². The summed E-state index contributed by atoms with van der Waals surface area (Å²) in [5, 5.41) is 20.5. The standard InChI is InChI=1S/C15H14N4OS/c16-10-13-9-14(12-1-3-19(20)4-2-12)11-17-15(13)18-5-7-21-8-6-18/h1-4,9,11H,5-8H2. The Kier molecular flexibility index (Phi) is 3.93. The third-order valence-corrected chi connectivity index (χ3v) is 4.38. The van der Waals surface area contributed by atoms with Gasteiger partial charge in [0, 0.05) is 48.5 Å². The average Bonchev–Trinajstić information content (AvgIpc) is 2.56. The van der Waals surface area contributed by atoms with Crippen LogP contribution in [0.3, 0.4) is 0 Å². The van der Waals surface area contributed by atoms with E-state index < -0.39 is 0 Å². The molecular weight excluding hydrogens is 284 g/mol. The summed E-state index contributed by atoms with van der Waals surface area (Å²) in [6.07, 6.45) is 4.65. The van der Waals surface area contributed by atoms with Crippen molar-refractivity contribution in [2.45, 2.75) is 0 Å². The molecule has 1 saturated heterocycles. The van der Waals surface area contributed by atoms with E-state index in [1.807, 2.05) is 17.8 Å². The lowest BCUT2D eigenvalue weighted by Crippen LogP contribution is -2.33. The van der Waals surface area contributed by atoms with E-state index in [1.54, 1.807) is 18.3 Å². The molecule has 21 heavy (non-hydrogen) atoms. The summed E-state index contributed by atoms with van der Waals surface area (Å²) in [5.74, 6) is 2.89. The zero-order valence-electron chi connectivity index (χ0n) is 11.4. The fourth-order valence-corrected chi connectivity index (χ4v) is 3.23. The maximum absolute atomic E-state index is 11.1. The van der Waals surface area contributed by atoms with E-state index in [2.05, 4.69) is 16.0 Å². The number of hydrogen-bond acceptors (Lipinski definition) is 5. The van der Waals surface area contributed by atoms with Gasteiger partial charge in [0.2, 0.25) is 0 Å². The van der Waals surface area contributed by atoms with Gasteiger partial charge in [-0.2, -0.15) is 21.8 Å². The molecule has 106 valence electrons. The fourth-order valence-electron chi connectivity index (χ4n) is 2.33. The predicted molar refractivity (Wildman–Crippen MR) is 82.9 cm³/mol. The highest BCUT2D eigenvalue weighted by molar-refractivity contribution is 7.99. The molecule has 3 rings (SSSR count). The molecule has 1 aliphatic heterocycles. The average molecular weight is 298 g/mol.